The monoisotopic (exact) mass is 441 g/mol. The number of fused-ring (bicyclic) bond motifs is 2. The quantitative estimate of drug-likeness (QED) is 0.679. The number of hydrogen-bond acceptors (Lipinski definition) is 5. The van der Waals surface area contributed by atoms with Gasteiger partial charge in [-0.1, -0.05) is 18.5 Å². The van der Waals surface area contributed by atoms with Crippen LogP contribution < -0.4 is 11.1 Å². The van der Waals surface area contributed by atoms with E-state index in [-0.39, 0.29) is 27.6 Å². The highest BCUT2D eigenvalue weighted by Gasteiger charge is 2.53. The van der Waals surface area contributed by atoms with Crippen LogP contribution in [0.25, 0.3) is 11.1 Å². The third-order valence-electron chi connectivity index (χ3n) is 6.90. The van der Waals surface area contributed by atoms with E-state index in [4.69, 9.17) is 17.3 Å². The molecule has 31 heavy (non-hydrogen) atoms. The van der Waals surface area contributed by atoms with Crippen molar-refractivity contribution in [3.05, 3.63) is 40.3 Å². The summed E-state index contributed by atoms with van der Waals surface area (Å²) >= 11 is 6.89. The van der Waals surface area contributed by atoms with Gasteiger partial charge >= 0.3 is 0 Å². The van der Waals surface area contributed by atoms with Crippen molar-refractivity contribution in [2.45, 2.75) is 38.0 Å². The lowest BCUT2D eigenvalue weighted by atomic mass is 9.75. The zero-order valence-electron chi connectivity index (χ0n) is 17.9. The van der Waals surface area contributed by atoms with Gasteiger partial charge in [-0.05, 0) is 37.8 Å². The number of nitriles is 1. The van der Waals surface area contributed by atoms with Gasteiger partial charge in [-0.25, -0.2) is 9.37 Å². The summed E-state index contributed by atoms with van der Waals surface area (Å²) in [5, 5.41) is 13.5. The summed E-state index contributed by atoms with van der Waals surface area (Å²) in [6, 6.07) is 5.56. The molecule has 8 heteroatoms. The zero-order valence-corrected chi connectivity index (χ0v) is 18.6. The molecule has 1 fully saturated rings. The van der Waals surface area contributed by atoms with Gasteiger partial charge in [0.1, 0.15) is 11.6 Å². The maximum atomic E-state index is 15.5. The van der Waals surface area contributed by atoms with Crippen molar-refractivity contribution in [2.75, 3.05) is 31.7 Å². The van der Waals surface area contributed by atoms with Gasteiger partial charge in [0.2, 0.25) is 0 Å². The number of nitrogens with zero attached hydrogens (tertiary/aromatic N) is 3. The van der Waals surface area contributed by atoms with Crippen molar-refractivity contribution in [1.82, 2.24) is 9.88 Å². The number of nitrogens with one attached hydrogen (secondary N) is 1. The Morgan fingerprint density at radius 3 is 2.74 bits per heavy atom. The first kappa shape index (κ1) is 21.4. The van der Waals surface area contributed by atoms with E-state index in [0.717, 1.165) is 24.8 Å². The van der Waals surface area contributed by atoms with E-state index >= 15 is 4.39 Å². The molecule has 1 amide bonds. The number of nitrogens with two attached hydrogens (primary N) is 1. The van der Waals surface area contributed by atoms with E-state index < -0.39 is 11.7 Å². The number of hydrogen-bond donors (Lipinski definition) is 2. The maximum Gasteiger partial charge on any atom is 0.258 e. The van der Waals surface area contributed by atoms with Crippen LogP contribution in [0.15, 0.2) is 18.3 Å². The normalized spacial score (nSPS) is 24.0. The van der Waals surface area contributed by atoms with Crippen LogP contribution in [0.2, 0.25) is 5.02 Å². The first-order chi connectivity index (χ1) is 14.7. The van der Waals surface area contributed by atoms with Gasteiger partial charge in [-0.3, -0.25) is 4.79 Å². The molecule has 0 bridgehead atoms. The third-order valence-corrected chi connectivity index (χ3v) is 7.29. The summed E-state index contributed by atoms with van der Waals surface area (Å²) in [5.41, 5.74) is 6.55. The third kappa shape index (κ3) is 3.12. The Bertz CT molecular complexity index is 1130. The molecule has 1 aliphatic carbocycles. The van der Waals surface area contributed by atoms with Crippen LogP contribution in [0.1, 0.15) is 48.5 Å². The molecule has 1 spiro atoms. The minimum atomic E-state index is -0.714. The molecule has 1 aliphatic heterocycles. The molecule has 2 aliphatic rings. The number of amides is 1. The zero-order chi connectivity index (χ0) is 22.6. The van der Waals surface area contributed by atoms with Gasteiger partial charge in [-0.15, -0.1) is 0 Å². The Kier molecular flexibility index (Phi) is 5.09. The molecule has 1 saturated carbocycles. The molecule has 0 radical (unpaired) electrons. The summed E-state index contributed by atoms with van der Waals surface area (Å²) < 4.78 is 15.5. The maximum absolute atomic E-state index is 15.5. The summed E-state index contributed by atoms with van der Waals surface area (Å²) in [6.07, 6.45) is 4.59. The molecule has 3 N–H and O–H groups in total. The average molecular weight is 442 g/mol. The number of halogens is 2. The summed E-state index contributed by atoms with van der Waals surface area (Å²) in [4.78, 5) is 18.3. The molecular weight excluding hydrogens is 417 g/mol. The van der Waals surface area contributed by atoms with Crippen LogP contribution in [-0.4, -0.2) is 36.4 Å². The van der Waals surface area contributed by atoms with E-state index in [1.54, 1.807) is 14.1 Å². The highest BCUT2D eigenvalue weighted by molar-refractivity contribution is 6.34. The molecule has 1 aromatic carbocycles. The Morgan fingerprint density at radius 2 is 2.13 bits per heavy atom. The Balaban J connectivity index is 1.86. The largest absolute Gasteiger partial charge is 0.398 e. The van der Waals surface area contributed by atoms with E-state index in [9.17, 15) is 10.1 Å². The lowest BCUT2D eigenvalue weighted by Gasteiger charge is -2.27. The lowest BCUT2D eigenvalue weighted by Crippen LogP contribution is -2.27. The summed E-state index contributed by atoms with van der Waals surface area (Å²) in [7, 11) is 3.09. The fraction of sp³-hybridized carbons (Fsp3) is 0.435. The van der Waals surface area contributed by atoms with Crippen molar-refractivity contribution in [3.8, 4) is 17.2 Å². The van der Waals surface area contributed by atoms with Gasteiger partial charge in [0.15, 0.2) is 0 Å². The van der Waals surface area contributed by atoms with Crippen LogP contribution in [0.3, 0.4) is 0 Å². The van der Waals surface area contributed by atoms with Crippen molar-refractivity contribution in [1.29, 1.82) is 5.26 Å². The van der Waals surface area contributed by atoms with Crippen LogP contribution >= 0.6 is 11.6 Å². The second kappa shape index (κ2) is 7.38. The predicted molar refractivity (Wildman–Crippen MR) is 119 cm³/mol. The fourth-order valence-corrected chi connectivity index (χ4v) is 5.46. The Labute approximate surface area is 186 Å². The molecule has 0 unspecified atom stereocenters. The number of benzene rings is 1. The molecule has 2 atom stereocenters. The van der Waals surface area contributed by atoms with Crippen molar-refractivity contribution in [3.63, 3.8) is 0 Å². The van der Waals surface area contributed by atoms with Crippen LogP contribution in [0, 0.1) is 22.6 Å². The molecular formula is C23H25ClFN5O. The van der Waals surface area contributed by atoms with E-state index in [1.165, 1.54) is 23.2 Å². The lowest BCUT2D eigenvalue weighted by molar-refractivity contribution is 0.0824. The van der Waals surface area contributed by atoms with Gasteiger partial charge in [0.25, 0.3) is 5.91 Å². The standard InChI is InChI=1S/C23H25ClFN5O/c1-4-22(11-26)7-8-23(10-22)12-29-20-17(23)18(24)14(9-28-20)13-5-6-15(27)16(19(13)25)21(31)30(2)3/h5-6,9H,4,7-8,10,12,27H2,1-3H3,(H,28,29)/t22-,23+/m0/s1. The molecule has 2 aromatic rings. The van der Waals surface area contributed by atoms with Crippen LogP contribution in [0.5, 0.6) is 0 Å². The van der Waals surface area contributed by atoms with Crippen molar-refractivity contribution < 1.29 is 9.18 Å². The number of nitrogen functional groups attached to an aromatic ring is 1. The van der Waals surface area contributed by atoms with E-state index in [2.05, 4.69) is 16.4 Å². The Hall–Kier alpha value is -2.85. The smallest absolute Gasteiger partial charge is 0.258 e. The predicted octanol–water partition coefficient (Wildman–Crippen LogP) is 4.59. The second-order valence-corrected chi connectivity index (χ2v) is 9.23. The van der Waals surface area contributed by atoms with E-state index in [1.807, 2.05) is 6.92 Å². The van der Waals surface area contributed by atoms with Crippen LogP contribution in [0.4, 0.5) is 15.9 Å². The molecule has 4 rings (SSSR count). The number of pyridine rings is 1. The number of anilines is 2. The van der Waals surface area contributed by atoms with Crippen molar-refractivity contribution in [2.24, 2.45) is 5.41 Å². The van der Waals surface area contributed by atoms with Gasteiger partial charge < -0.3 is 16.0 Å². The SMILES string of the molecule is CC[C@]1(C#N)CC[C@]2(CNc3ncc(-c4ccc(N)c(C(=O)N(C)C)c4F)c(Cl)c32)C1. The van der Waals surface area contributed by atoms with E-state index in [0.29, 0.717) is 29.4 Å². The molecule has 2 heterocycles. The first-order valence-electron chi connectivity index (χ1n) is 10.3. The van der Waals surface area contributed by atoms with Crippen molar-refractivity contribution >= 4 is 29.0 Å². The molecule has 0 saturated heterocycles. The number of carbonyl (C=O) groups excluding carboxylic acids is 1. The minimum absolute atomic E-state index is 0.0703. The first-order valence-corrected chi connectivity index (χ1v) is 10.7. The van der Waals surface area contributed by atoms with Gasteiger partial charge in [-0.2, -0.15) is 5.26 Å². The molecule has 162 valence electrons. The highest BCUT2D eigenvalue weighted by atomic mass is 35.5. The average Bonchev–Trinajstić information content (AvgIpc) is 3.31. The van der Waals surface area contributed by atoms with Gasteiger partial charge in [0.05, 0.1) is 22.1 Å². The number of rotatable bonds is 3. The number of aromatic nitrogens is 1. The molecule has 6 nitrogen and oxygen atoms in total. The number of carbonyl (C=O) groups is 1. The van der Waals surface area contributed by atoms with Gasteiger partial charge in [0, 0.05) is 54.6 Å². The second-order valence-electron chi connectivity index (χ2n) is 8.86. The summed E-state index contributed by atoms with van der Waals surface area (Å²) in [5.74, 6) is -0.550. The van der Waals surface area contributed by atoms with Crippen LogP contribution in [-0.2, 0) is 5.41 Å². The fourth-order valence-electron chi connectivity index (χ4n) is 5.02. The highest BCUT2D eigenvalue weighted by Crippen LogP contribution is 2.58. The Morgan fingerprint density at radius 1 is 1.39 bits per heavy atom. The molecule has 1 aromatic heterocycles. The topological polar surface area (TPSA) is 95.0 Å². The summed E-state index contributed by atoms with van der Waals surface area (Å²) in [6.45, 7) is 2.69. The minimum Gasteiger partial charge on any atom is -0.398 e.